The Balaban J connectivity index is 1.59. The first kappa shape index (κ1) is 23.8. The number of rotatable bonds is 9. The first-order chi connectivity index (χ1) is 16.5. The number of benzene rings is 3. The lowest BCUT2D eigenvalue weighted by Crippen LogP contribution is -2.30. The van der Waals surface area contributed by atoms with Gasteiger partial charge in [-0.3, -0.25) is 0 Å². The van der Waals surface area contributed by atoms with Crippen LogP contribution in [-0.4, -0.2) is 26.0 Å². The Labute approximate surface area is 204 Å². The summed E-state index contributed by atoms with van der Waals surface area (Å²) in [5.74, 6) is 1.65. The van der Waals surface area contributed by atoms with Crippen LogP contribution >= 0.6 is 11.6 Å². The van der Waals surface area contributed by atoms with Gasteiger partial charge < -0.3 is 9.15 Å². The second kappa shape index (κ2) is 10.7. The number of methoxy groups -OCH3 is 1. The van der Waals surface area contributed by atoms with E-state index < -0.39 is 10.0 Å². The van der Waals surface area contributed by atoms with Gasteiger partial charge in [-0.15, -0.1) is 0 Å². The van der Waals surface area contributed by atoms with Crippen LogP contribution in [0.3, 0.4) is 0 Å². The van der Waals surface area contributed by atoms with Crippen LogP contribution < -0.4 is 4.74 Å². The van der Waals surface area contributed by atoms with Gasteiger partial charge in [-0.05, 0) is 54.1 Å². The number of aliphatic imine (C=N–C) groups is 1. The van der Waals surface area contributed by atoms with Crippen molar-refractivity contribution >= 4 is 33.5 Å². The summed E-state index contributed by atoms with van der Waals surface area (Å²) in [6.07, 6.45) is 1.58. The van der Waals surface area contributed by atoms with Gasteiger partial charge in [0.2, 0.25) is 10.0 Å². The molecule has 0 radical (unpaired) electrons. The molecule has 174 valence electrons. The van der Waals surface area contributed by atoms with Gasteiger partial charge in [0, 0.05) is 11.6 Å². The predicted molar refractivity (Wildman–Crippen MR) is 133 cm³/mol. The fourth-order valence-corrected chi connectivity index (χ4v) is 4.88. The van der Waals surface area contributed by atoms with Crippen LogP contribution in [0.2, 0.25) is 5.02 Å². The minimum Gasteiger partial charge on any atom is -0.494 e. The molecule has 0 unspecified atom stereocenters. The Hall–Kier alpha value is -3.39. The molecule has 1 heterocycles. The molecule has 0 spiro atoms. The van der Waals surface area contributed by atoms with E-state index in [2.05, 4.69) is 4.99 Å². The summed E-state index contributed by atoms with van der Waals surface area (Å²) in [6, 6.07) is 26.4. The second-order valence-electron chi connectivity index (χ2n) is 7.45. The lowest BCUT2D eigenvalue weighted by atomic mass is 10.2. The van der Waals surface area contributed by atoms with Crippen molar-refractivity contribution in [2.75, 3.05) is 7.11 Å². The highest BCUT2D eigenvalue weighted by Gasteiger charge is 2.26. The Morgan fingerprint density at radius 3 is 2.35 bits per heavy atom. The van der Waals surface area contributed by atoms with Gasteiger partial charge in [-0.25, -0.2) is 13.4 Å². The largest absolute Gasteiger partial charge is 0.494 e. The summed E-state index contributed by atoms with van der Waals surface area (Å²) in [4.78, 5) is 4.59. The molecule has 1 aromatic heterocycles. The van der Waals surface area contributed by atoms with Crippen LogP contribution in [-0.2, 0) is 23.1 Å². The van der Waals surface area contributed by atoms with E-state index in [-0.39, 0.29) is 18.0 Å². The average molecular weight is 495 g/mol. The van der Waals surface area contributed by atoms with Crippen LogP contribution in [0, 0.1) is 0 Å². The quantitative estimate of drug-likeness (QED) is 0.264. The molecule has 34 heavy (non-hydrogen) atoms. The van der Waals surface area contributed by atoms with Crippen molar-refractivity contribution in [2.45, 2.75) is 18.0 Å². The Kier molecular flexibility index (Phi) is 7.47. The van der Waals surface area contributed by atoms with Crippen molar-refractivity contribution in [1.82, 2.24) is 4.31 Å². The van der Waals surface area contributed by atoms with Crippen molar-refractivity contribution in [3.63, 3.8) is 0 Å². The highest BCUT2D eigenvalue weighted by Crippen LogP contribution is 2.27. The predicted octanol–water partition coefficient (Wildman–Crippen LogP) is 6.08. The minimum atomic E-state index is -3.80. The summed E-state index contributed by atoms with van der Waals surface area (Å²) in [5, 5.41) is 0.471. The maximum atomic E-state index is 13.4. The zero-order chi connectivity index (χ0) is 24.0. The van der Waals surface area contributed by atoms with Crippen molar-refractivity contribution in [3.05, 3.63) is 113 Å². The molecule has 0 aliphatic heterocycles. The van der Waals surface area contributed by atoms with Gasteiger partial charge in [0.15, 0.2) is 0 Å². The molecule has 0 saturated carbocycles. The Bertz CT molecular complexity index is 1370. The summed E-state index contributed by atoms with van der Waals surface area (Å²) >= 11 is 5.95. The van der Waals surface area contributed by atoms with Crippen molar-refractivity contribution < 1.29 is 17.6 Å². The maximum absolute atomic E-state index is 13.4. The molecule has 0 N–H and O–H groups in total. The number of hydrogen-bond donors (Lipinski definition) is 0. The SMILES string of the molecule is COc1ccccc1N=Cc1ccc(CN(Cc2ccccc2)S(=O)(=O)c2ccc(Cl)cc2)o1. The minimum absolute atomic E-state index is 0.0579. The molecule has 4 aromatic rings. The number of para-hydroxylation sites is 2. The first-order valence-corrected chi connectivity index (χ1v) is 12.3. The maximum Gasteiger partial charge on any atom is 0.243 e. The zero-order valence-electron chi connectivity index (χ0n) is 18.5. The molecular weight excluding hydrogens is 472 g/mol. The molecule has 0 aliphatic rings. The van der Waals surface area contributed by atoms with Crippen LogP contribution in [0.1, 0.15) is 17.1 Å². The summed E-state index contributed by atoms with van der Waals surface area (Å²) in [5.41, 5.74) is 1.53. The number of furan rings is 1. The molecule has 0 atom stereocenters. The first-order valence-electron chi connectivity index (χ1n) is 10.5. The normalized spacial score (nSPS) is 11.9. The summed E-state index contributed by atoms with van der Waals surface area (Å²) in [6.45, 7) is 0.249. The monoisotopic (exact) mass is 494 g/mol. The molecule has 8 heteroatoms. The number of halogens is 1. The van der Waals surface area contributed by atoms with Crippen LogP contribution in [0.5, 0.6) is 5.75 Å². The summed E-state index contributed by atoms with van der Waals surface area (Å²) in [7, 11) is -2.22. The molecule has 0 aliphatic carbocycles. The Morgan fingerprint density at radius 2 is 1.62 bits per heavy atom. The van der Waals surface area contributed by atoms with Gasteiger partial charge in [-0.2, -0.15) is 4.31 Å². The molecule has 0 bridgehead atoms. The summed E-state index contributed by atoms with van der Waals surface area (Å²) < 4.78 is 39.5. The number of ether oxygens (including phenoxy) is 1. The van der Waals surface area contributed by atoms with E-state index >= 15 is 0 Å². The van der Waals surface area contributed by atoms with E-state index in [4.69, 9.17) is 20.8 Å². The molecule has 4 rings (SSSR count). The standard InChI is InChI=1S/C26H23ClN2O4S/c1-32-26-10-6-5-9-25(26)28-17-22-13-14-23(33-22)19-29(18-20-7-3-2-4-8-20)34(30,31)24-15-11-21(27)12-16-24/h2-17H,18-19H2,1H3. The van der Waals surface area contributed by atoms with E-state index in [1.54, 1.807) is 37.6 Å². The van der Waals surface area contributed by atoms with Crippen LogP contribution in [0.15, 0.2) is 105 Å². The van der Waals surface area contributed by atoms with Gasteiger partial charge in [0.05, 0.1) is 24.8 Å². The van der Waals surface area contributed by atoms with E-state index in [0.717, 1.165) is 5.56 Å². The van der Waals surface area contributed by atoms with Gasteiger partial charge in [0.1, 0.15) is 23.0 Å². The lowest BCUT2D eigenvalue weighted by molar-refractivity contribution is 0.357. The Morgan fingerprint density at radius 1 is 0.912 bits per heavy atom. The third kappa shape index (κ3) is 5.75. The van der Waals surface area contributed by atoms with E-state index in [0.29, 0.717) is 28.0 Å². The van der Waals surface area contributed by atoms with E-state index in [1.165, 1.54) is 16.4 Å². The topological polar surface area (TPSA) is 72.1 Å². The second-order valence-corrected chi connectivity index (χ2v) is 9.82. The number of nitrogens with zero attached hydrogens (tertiary/aromatic N) is 2. The molecule has 0 amide bonds. The fourth-order valence-electron chi connectivity index (χ4n) is 3.36. The third-order valence-electron chi connectivity index (χ3n) is 5.08. The smallest absolute Gasteiger partial charge is 0.243 e. The average Bonchev–Trinajstić information content (AvgIpc) is 3.31. The van der Waals surface area contributed by atoms with Crippen molar-refractivity contribution in [2.24, 2.45) is 4.99 Å². The van der Waals surface area contributed by atoms with Gasteiger partial charge in [-0.1, -0.05) is 54.1 Å². The molecule has 3 aromatic carbocycles. The lowest BCUT2D eigenvalue weighted by Gasteiger charge is -2.21. The van der Waals surface area contributed by atoms with Gasteiger partial charge >= 0.3 is 0 Å². The molecule has 6 nitrogen and oxygen atoms in total. The highest BCUT2D eigenvalue weighted by molar-refractivity contribution is 7.89. The van der Waals surface area contributed by atoms with Crippen LogP contribution in [0.25, 0.3) is 0 Å². The number of hydrogen-bond acceptors (Lipinski definition) is 5. The third-order valence-corrected chi connectivity index (χ3v) is 7.14. The fraction of sp³-hybridized carbons (Fsp3) is 0.115. The van der Waals surface area contributed by atoms with Crippen LogP contribution in [0.4, 0.5) is 5.69 Å². The molecular formula is C26H23ClN2O4S. The van der Waals surface area contributed by atoms with Crippen molar-refractivity contribution in [1.29, 1.82) is 0 Å². The number of sulfonamides is 1. The molecule has 0 saturated heterocycles. The van der Waals surface area contributed by atoms with E-state index in [1.807, 2.05) is 54.6 Å². The van der Waals surface area contributed by atoms with Crippen molar-refractivity contribution in [3.8, 4) is 5.75 Å². The van der Waals surface area contributed by atoms with E-state index in [9.17, 15) is 8.42 Å². The molecule has 0 fully saturated rings. The van der Waals surface area contributed by atoms with Gasteiger partial charge in [0.25, 0.3) is 0 Å². The zero-order valence-corrected chi connectivity index (χ0v) is 20.0. The highest BCUT2D eigenvalue weighted by atomic mass is 35.5.